The van der Waals surface area contributed by atoms with Crippen LogP contribution in [0.25, 0.3) is 0 Å². The van der Waals surface area contributed by atoms with Crippen molar-refractivity contribution in [1.29, 1.82) is 0 Å². The summed E-state index contributed by atoms with van der Waals surface area (Å²) < 4.78 is 38.6. The molecule has 1 amide bonds. The van der Waals surface area contributed by atoms with E-state index in [1.807, 2.05) is 0 Å². The highest BCUT2D eigenvalue weighted by Gasteiger charge is 2.15. The van der Waals surface area contributed by atoms with Gasteiger partial charge in [-0.25, -0.2) is 17.5 Å². The average molecular weight is 295 g/mol. The van der Waals surface area contributed by atoms with Crippen LogP contribution in [0.3, 0.4) is 0 Å². The fraction of sp³-hybridized carbons (Fsp3) is 0.300. The second-order valence-corrected chi connectivity index (χ2v) is 5.57. The summed E-state index contributed by atoms with van der Waals surface area (Å²) in [4.78, 5) is 10.8. The maximum Gasteiger partial charge on any atom is 0.240 e. The van der Waals surface area contributed by atoms with Gasteiger partial charge in [0.25, 0.3) is 0 Å². The molecule has 8 heteroatoms. The summed E-state index contributed by atoms with van der Waals surface area (Å²) >= 11 is 5.50. The normalized spacial score (nSPS) is 11.3. The number of rotatable bonds is 5. The summed E-state index contributed by atoms with van der Waals surface area (Å²) in [5.74, 6) is -0.976. The van der Waals surface area contributed by atoms with Crippen LogP contribution in [0.1, 0.15) is 6.42 Å². The lowest BCUT2D eigenvalue weighted by molar-refractivity contribution is -0.120. The highest BCUT2D eigenvalue weighted by atomic mass is 35.5. The van der Waals surface area contributed by atoms with E-state index in [1.54, 1.807) is 0 Å². The van der Waals surface area contributed by atoms with E-state index in [1.165, 1.54) is 7.05 Å². The molecular weight excluding hydrogens is 283 g/mol. The topological polar surface area (TPSA) is 75.3 Å². The van der Waals surface area contributed by atoms with Crippen LogP contribution in [0, 0.1) is 5.82 Å². The first-order valence-electron chi connectivity index (χ1n) is 5.02. The van der Waals surface area contributed by atoms with Crippen LogP contribution in [0.5, 0.6) is 0 Å². The Kier molecular flexibility index (Phi) is 5.06. The Morgan fingerprint density at radius 3 is 2.67 bits per heavy atom. The summed E-state index contributed by atoms with van der Waals surface area (Å²) in [5.41, 5.74) is 0. The van der Waals surface area contributed by atoms with Crippen LogP contribution in [0.4, 0.5) is 4.39 Å². The summed E-state index contributed by atoms with van der Waals surface area (Å²) in [6, 6.07) is 3.08. The molecule has 18 heavy (non-hydrogen) atoms. The van der Waals surface area contributed by atoms with Gasteiger partial charge in [-0.2, -0.15) is 0 Å². The number of amides is 1. The number of benzene rings is 1. The van der Waals surface area contributed by atoms with Crippen LogP contribution < -0.4 is 10.0 Å². The molecule has 100 valence electrons. The molecule has 0 spiro atoms. The SMILES string of the molecule is CNC(=O)CCNS(=O)(=O)c1ccc(F)c(Cl)c1. The van der Waals surface area contributed by atoms with Crippen LogP contribution >= 0.6 is 11.6 Å². The Balaban J connectivity index is 2.74. The second-order valence-electron chi connectivity index (χ2n) is 3.40. The zero-order valence-electron chi connectivity index (χ0n) is 9.54. The van der Waals surface area contributed by atoms with Crippen LogP contribution in [0.15, 0.2) is 23.1 Å². The van der Waals surface area contributed by atoms with E-state index in [-0.39, 0.29) is 28.8 Å². The standard InChI is InChI=1S/C10H12ClFN2O3S/c1-13-10(15)4-5-14-18(16,17)7-2-3-9(12)8(11)6-7/h2-3,6,14H,4-5H2,1H3,(H,13,15). The largest absolute Gasteiger partial charge is 0.359 e. The van der Waals surface area contributed by atoms with Gasteiger partial charge in [0, 0.05) is 20.0 Å². The minimum Gasteiger partial charge on any atom is -0.359 e. The van der Waals surface area contributed by atoms with E-state index in [0.717, 1.165) is 18.2 Å². The molecule has 0 bridgehead atoms. The summed E-state index contributed by atoms with van der Waals surface area (Å²) in [5, 5.41) is 2.09. The summed E-state index contributed by atoms with van der Waals surface area (Å²) in [7, 11) is -2.33. The number of carbonyl (C=O) groups excluding carboxylic acids is 1. The molecule has 0 heterocycles. The highest BCUT2D eigenvalue weighted by Crippen LogP contribution is 2.19. The zero-order chi connectivity index (χ0) is 13.8. The minimum absolute atomic E-state index is 0.0185. The van der Waals surface area contributed by atoms with Gasteiger partial charge in [-0.05, 0) is 18.2 Å². The molecular formula is C10H12ClFN2O3S. The predicted octanol–water partition coefficient (Wildman–Crippen LogP) is 0.894. The van der Waals surface area contributed by atoms with Crippen molar-refractivity contribution < 1.29 is 17.6 Å². The predicted molar refractivity (Wildman–Crippen MR) is 65.3 cm³/mol. The first-order chi connectivity index (χ1) is 8.36. The monoisotopic (exact) mass is 294 g/mol. The Morgan fingerprint density at radius 1 is 1.44 bits per heavy atom. The molecule has 0 radical (unpaired) electrons. The van der Waals surface area contributed by atoms with E-state index in [2.05, 4.69) is 10.0 Å². The molecule has 0 unspecified atom stereocenters. The van der Waals surface area contributed by atoms with Gasteiger partial charge in [-0.15, -0.1) is 0 Å². The smallest absolute Gasteiger partial charge is 0.240 e. The van der Waals surface area contributed by atoms with E-state index in [4.69, 9.17) is 11.6 Å². The van der Waals surface area contributed by atoms with Gasteiger partial charge in [0.2, 0.25) is 15.9 Å². The number of sulfonamides is 1. The first kappa shape index (κ1) is 14.9. The van der Waals surface area contributed by atoms with Crippen molar-refractivity contribution in [2.24, 2.45) is 0 Å². The number of carbonyl (C=O) groups is 1. The fourth-order valence-corrected chi connectivity index (χ4v) is 2.45. The van der Waals surface area contributed by atoms with Gasteiger partial charge >= 0.3 is 0 Å². The van der Waals surface area contributed by atoms with Gasteiger partial charge in [-0.3, -0.25) is 4.79 Å². The van der Waals surface area contributed by atoms with Gasteiger partial charge in [0.05, 0.1) is 9.92 Å². The molecule has 0 fully saturated rings. The average Bonchev–Trinajstić information content (AvgIpc) is 2.32. The van der Waals surface area contributed by atoms with Gasteiger partial charge in [0.15, 0.2) is 0 Å². The van der Waals surface area contributed by atoms with E-state index in [9.17, 15) is 17.6 Å². The van der Waals surface area contributed by atoms with Crippen molar-refractivity contribution in [3.63, 3.8) is 0 Å². The van der Waals surface area contributed by atoms with E-state index < -0.39 is 15.8 Å². The Hall–Kier alpha value is -1.18. The van der Waals surface area contributed by atoms with Crippen LogP contribution in [-0.4, -0.2) is 27.9 Å². The minimum atomic E-state index is -3.78. The van der Waals surface area contributed by atoms with Crippen molar-refractivity contribution >= 4 is 27.5 Å². The highest BCUT2D eigenvalue weighted by molar-refractivity contribution is 7.89. The zero-order valence-corrected chi connectivity index (χ0v) is 11.1. The van der Waals surface area contributed by atoms with Crippen molar-refractivity contribution in [2.45, 2.75) is 11.3 Å². The molecule has 0 saturated carbocycles. The fourth-order valence-electron chi connectivity index (χ4n) is 1.15. The Labute approximate surface area is 109 Å². The lowest BCUT2D eigenvalue weighted by Crippen LogP contribution is -2.29. The molecule has 1 aromatic carbocycles. The molecule has 2 N–H and O–H groups in total. The van der Waals surface area contributed by atoms with Crippen LogP contribution in [0.2, 0.25) is 5.02 Å². The molecule has 0 atom stereocenters. The van der Waals surface area contributed by atoms with Crippen molar-refractivity contribution in [3.05, 3.63) is 29.0 Å². The number of halogens is 2. The van der Waals surface area contributed by atoms with Crippen LogP contribution in [-0.2, 0) is 14.8 Å². The number of hydrogen-bond acceptors (Lipinski definition) is 3. The van der Waals surface area contributed by atoms with E-state index in [0.29, 0.717) is 0 Å². The molecule has 0 aliphatic rings. The molecule has 1 aromatic rings. The third-order valence-corrected chi connectivity index (χ3v) is 3.87. The number of nitrogens with one attached hydrogen (secondary N) is 2. The molecule has 0 aromatic heterocycles. The molecule has 0 saturated heterocycles. The second kappa shape index (κ2) is 6.12. The molecule has 0 aliphatic carbocycles. The van der Waals surface area contributed by atoms with Gasteiger partial charge < -0.3 is 5.32 Å². The van der Waals surface area contributed by atoms with Crippen molar-refractivity contribution in [2.75, 3.05) is 13.6 Å². The Bertz CT molecular complexity index is 548. The summed E-state index contributed by atoms with van der Waals surface area (Å²) in [6.07, 6.45) is 0.0185. The third-order valence-electron chi connectivity index (χ3n) is 2.12. The summed E-state index contributed by atoms with van der Waals surface area (Å²) in [6.45, 7) is -0.0446. The first-order valence-corrected chi connectivity index (χ1v) is 6.88. The quantitative estimate of drug-likeness (QED) is 0.847. The lowest BCUT2D eigenvalue weighted by Gasteiger charge is -2.06. The maximum atomic E-state index is 12.9. The lowest BCUT2D eigenvalue weighted by atomic mass is 10.3. The van der Waals surface area contributed by atoms with E-state index >= 15 is 0 Å². The molecule has 5 nitrogen and oxygen atoms in total. The van der Waals surface area contributed by atoms with Gasteiger partial charge in [-0.1, -0.05) is 11.6 Å². The van der Waals surface area contributed by atoms with Crippen molar-refractivity contribution in [1.82, 2.24) is 10.0 Å². The van der Waals surface area contributed by atoms with Crippen molar-refractivity contribution in [3.8, 4) is 0 Å². The maximum absolute atomic E-state index is 12.9. The number of hydrogen-bond donors (Lipinski definition) is 2. The third kappa shape index (κ3) is 3.94. The molecule has 1 rings (SSSR count). The Morgan fingerprint density at radius 2 is 2.11 bits per heavy atom. The molecule has 0 aliphatic heterocycles. The van der Waals surface area contributed by atoms with Gasteiger partial charge in [0.1, 0.15) is 5.82 Å².